The molecule has 212 valence electrons. The van der Waals surface area contributed by atoms with Crippen molar-refractivity contribution in [2.75, 3.05) is 18.6 Å². The summed E-state index contributed by atoms with van der Waals surface area (Å²) in [6, 6.07) is 6.55. The van der Waals surface area contributed by atoms with Gasteiger partial charge in [-0.2, -0.15) is 17.0 Å². The molecular weight excluding hydrogens is 486 g/mol. The van der Waals surface area contributed by atoms with Crippen LogP contribution < -0.4 is 0 Å². The van der Waals surface area contributed by atoms with Crippen LogP contribution in [0.3, 0.4) is 0 Å². The number of pyridine rings is 1. The molecule has 3 rings (SSSR count). The van der Waals surface area contributed by atoms with Gasteiger partial charge in [0, 0.05) is 37.1 Å². The fourth-order valence-corrected chi connectivity index (χ4v) is 4.14. The van der Waals surface area contributed by atoms with E-state index >= 15 is 0 Å². The summed E-state index contributed by atoms with van der Waals surface area (Å²) < 4.78 is 0. The zero-order chi connectivity index (χ0) is 29.2. The molecule has 0 bridgehead atoms. The Kier molecular flexibility index (Phi) is 25.6. The van der Waals surface area contributed by atoms with Crippen LogP contribution in [0.2, 0.25) is 0 Å². The third-order valence-electron chi connectivity index (χ3n) is 5.07. The molecule has 3 heterocycles. The second kappa shape index (κ2) is 26.0. The highest BCUT2D eigenvalue weighted by Crippen LogP contribution is 2.22. The molecule has 0 saturated heterocycles. The quantitative estimate of drug-likeness (QED) is 0.246. The summed E-state index contributed by atoms with van der Waals surface area (Å²) in [5.41, 5.74) is 4.29. The van der Waals surface area contributed by atoms with Gasteiger partial charge in [-0.05, 0) is 55.4 Å². The molecule has 38 heavy (non-hydrogen) atoms. The minimum absolute atomic E-state index is 0.0947. The highest BCUT2D eigenvalue weighted by Gasteiger charge is 2.19. The molecule has 0 spiro atoms. The Morgan fingerprint density at radius 2 is 1.79 bits per heavy atom. The van der Waals surface area contributed by atoms with Crippen molar-refractivity contribution in [1.82, 2.24) is 19.9 Å². The Hall–Kier alpha value is -2.65. The van der Waals surface area contributed by atoms with Crippen molar-refractivity contribution >= 4 is 11.8 Å². The van der Waals surface area contributed by atoms with Crippen LogP contribution in [-0.4, -0.2) is 44.4 Å². The third kappa shape index (κ3) is 17.0. The number of nitrogens with zero attached hydrogens (tertiary/aromatic N) is 5. The lowest BCUT2D eigenvalue weighted by atomic mass is 10.0. The molecule has 2 aromatic rings. The Balaban J connectivity index is 0. The first-order valence-corrected chi connectivity index (χ1v) is 15.3. The first kappa shape index (κ1) is 37.5. The second-order valence-electron chi connectivity index (χ2n) is 8.52. The van der Waals surface area contributed by atoms with Crippen LogP contribution >= 0.6 is 11.8 Å². The van der Waals surface area contributed by atoms with Gasteiger partial charge in [-0.15, -0.1) is 6.58 Å². The Morgan fingerprint density at radius 3 is 2.26 bits per heavy atom. The van der Waals surface area contributed by atoms with Gasteiger partial charge in [0.1, 0.15) is 11.7 Å². The SMILES string of the molecule is C=CCC.CC.CC.CC(C)Cc1ccc(-c2cnccn2)nc1.CCCSCC1=CCCC(C#N)N1C. The Bertz CT molecular complexity index is 873. The van der Waals surface area contributed by atoms with E-state index in [0.29, 0.717) is 5.92 Å². The van der Waals surface area contributed by atoms with E-state index < -0.39 is 0 Å². The van der Waals surface area contributed by atoms with E-state index in [-0.39, 0.29) is 6.04 Å². The maximum absolute atomic E-state index is 8.93. The third-order valence-corrected chi connectivity index (χ3v) is 6.27. The molecule has 1 unspecified atom stereocenters. The van der Waals surface area contributed by atoms with Gasteiger partial charge in [-0.25, -0.2) is 0 Å². The molecule has 1 aliphatic rings. The number of nitriles is 1. The van der Waals surface area contributed by atoms with E-state index in [1.54, 1.807) is 18.6 Å². The normalized spacial score (nSPS) is 13.4. The molecule has 6 heteroatoms. The van der Waals surface area contributed by atoms with Gasteiger partial charge in [-0.3, -0.25) is 15.0 Å². The van der Waals surface area contributed by atoms with Crippen LogP contribution in [0.4, 0.5) is 0 Å². The Morgan fingerprint density at radius 1 is 1.11 bits per heavy atom. The minimum atomic E-state index is 0.0947. The number of thioether (sulfide) groups is 1. The number of allylic oxidation sites excluding steroid dienone is 2. The summed E-state index contributed by atoms with van der Waals surface area (Å²) in [6.07, 6.45) is 16.6. The summed E-state index contributed by atoms with van der Waals surface area (Å²) in [4.78, 5) is 14.8. The van der Waals surface area contributed by atoms with Gasteiger partial charge in [0.15, 0.2) is 0 Å². The number of hydrogen-bond donors (Lipinski definition) is 0. The van der Waals surface area contributed by atoms with Crippen molar-refractivity contribution in [2.24, 2.45) is 5.92 Å². The molecule has 0 aromatic carbocycles. The smallest absolute Gasteiger partial charge is 0.116 e. The van der Waals surface area contributed by atoms with E-state index in [0.717, 1.165) is 42.8 Å². The minimum Gasteiger partial charge on any atom is -0.362 e. The molecule has 2 aromatic heterocycles. The van der Waals surface area contributed by atoms with Gasteiger partial charge >= 0.3 is 0 Å². The van der Waals surface area contributed by atoms with E-state index in [1.807, 2.05) is 64.8 Å². The molecular formula is C32H53N5S. The van der Waals surface area contributed by atoms with Gasteiger partial charge < -0.3 is 4.90 Å². The van der Waals surface area contributed by atoms with Crippen molar-refractivity contribution < 1.29 is 0 Å². The molecule has 0 fully saturated rings. The number of hydrogen-bond acceptors (Lipinski definition) is 6. The highest BCUT2D eigenvalue weighted by molar-refractivity contribution is 7.99. The van der Waals surface area contributed by atoms with Crippen molar-refractivity contribution in [3.05, 3.63) is 66.9 Å². The van der Waals surface area contributed by atoms with Gasteiger partial charge in [0.2, 0.25) is 0 Å². The van der Waals surface area contributed by atoms with Crippen molar-refractivity contribution in [3.8, 4) is 17.5 Å². The molecule has 0 aliphatic carbocycles. The van der Waals surface area contributed by atoms with Crippen LogP contribution in [0.15, 0.2) is 61.3 Å². The molecule has 0 saturated carbocycles. The number of rotatable bonds is 8. The average Bonchev–Trinajstić information content (AvgIpc) is 2.97. The van der Waals surface area contributed by atoms with Crippen molar-refractivity contribution in [1.29, 1.82) is 5.26 Å². The van der Waals surface area contributed by atoms with Crippen LogP contribution in [0.25, 0.3) is 11.4 Å². The maximum Gasteiger partial charge on any atom is 0.116 e. The van der Waals surface area contributed by atoms with E-state index in [9.17, 15) is 0 Å². The lowest BCUT2D eigenvalue weighted by molar-refractivity contribution is 0.328. The standard InChI is InChI=1S/C13H15N3.C11H18N2S.C4H8.2C2H6/c1-10(2)7-11-3-4-12(16-8-11)13-9-14-5-6-15-13;1-3-7-14-9-11-6-4-5-10(8-12)13(11)2;1-3-4-2;2*1-2/h3-6,8-10H,7H2,1-2H3;6,10H,3-5,7,9H2,1-2H3;3H,1,4H2,2H3;2*1-2H3. The van der Waals surface area contributed by atoms with E-state index in [4.69, 9.17) is 5.26 Å². The van der Waals surface area contributed by atoms with Crippen LogP contribution in [-0.2, 0) is 6.42 Å². The summed E-state index contributed by atoms with van der Waals surface area (Å²) in [6.45, 7) is 20.2. The largest absolute Gasteiger partial charge is 0.362 e. The van der Waals surface area contributed by atoms with Crippen molar-refractivity contribution in [2.45, 2.75) is 93.5 Å². The summed E-state index contributed by atoms with van der Waals surface area (Å²) >= 11 is 1.96. The molecule has 0 amide bonds. The first-order valence-electron chi connectivity index (χ1n) is 14.2. The topological polar surface area (TPSA) is 65.7 Å². The number of aromatic nitrogens is 3. The fraction of sp³-hybridized carbons (Fsp3) is 0.562. The average molecular weight is 540 g/mol. The predicted octanol–water partition coefficient (Wildman–Crippen LogP) is 9.00. The predicted molar refractivity (Wildman–Crippen MR) is 169 cm³/mol. The van der Waals surface area contributed by atoms with Gasteiger partial charge in [0.05, 0.1) is 18.0 Å². The maximum atomic E-state index is 8.93. The lowest BCUT2D eigenvalue weighted by Crippen LogP contribution is -2.33. The zero-order valence-corrected chi connectivity index (χ0v) is 26.4. The molecule has 0 N–H and O–H groups in total. The highest BCUT2D eigenvalue weighted by atomic mass is 32.2. The monoisotopic (exact) mass is 539 g/mol. The summed E-state index contributed by atoms with van der Waals surface area (Å²) in [5, 5.41) is 8.93. The van der Waals surface area contributed by atoms with Gasteiger partial charge in [-0.1, -0.05) is 73.6 Å². The zero-order valence-electron chi connectivity index (χ0n) is 25.6. The van der Waals surface area contributed by atoms with Gasteiger partial charge in [0.25, 0.3) is 0 Å². The van der Waals surface area contributed by atoms with Crippen LogP contribution in [0.1, 0.15) is 86.6 Å². The van der Waals surface area contributed by atoms with E-state index in [2.05, 4.69) is 72.3 Å². The van der Waals surface area contributed by atoms with Crippen LogP contribution in [0.5, 0.6) is 0 Å². The summed E-state index contributed by atoms with van der Waals surface area (Å²) in [5.74, 6) is 2.93. The Labute approximate surface area is 238 Å². The molecule has 1 atom stereocenters. The van der Waals surface area contributed by atoms with E-state index in [1.165, 1.54) is 23.4 Å². The molecule has 0 radical (unpaired) electrons. The first-order chi connectivity index (χ1) is 18.5. The van der Waals surface area contributed by atoms with Crippen molar-refractivity contribution in [3.63, 3.8) is 0 Å². The lowest BCUT2D eigenvalue weighted by Gasteiger charge is -2.30. The fourth-order valence-electron chi connectivity index (χ4n) is 3.18. The second-order valence-corrected chi connectivity index (χ2v) is 9.62. The molecule has 1 aliphatic heterocycles. The summed E-state index contributed by atoms with van der Waals surface area (Å²) in [7, 11) is 2.03. The van der Waals surface area contributed by atoms with Crippen LogP contribution in [0, 0.1) is 17.2 Å². The molecule has 5 nitrogen and oxygen atoms in total.